The molecule has 0 saturated heterocycles. The maximum Gasteiger partial charge on any atom is 0.137 e. The number of allylic oxidation sites excluding steroid dienone is 2. The van der Waals surface area contributed by atoms with Gasteiger partial charge in [0.2, 0.25) is 0 Å². The first-order valence-corrected chi connectivity index (χ1v) is 21.6. The number of hydrogen-bond donors (Lipinski definition) is 8. The number of benzene rings is 4. The minimum atomic E-state index is 0.333. The number of nitrogens with zero attached hydrogens (tertiary/aromatic N) is 8. The van der Waals surface area contributed by atoms with Crippen LogP contribution in [-0.4, -0.2) is 79.7 Å². The number of fused-ring (bicyclic) bond motifs is 4. The summed E-state index contributed by atoms with van der Waals surface area (Å²) in [5.41, 5.74) is 12.1. The first-order chi connectivity index (χ1) is 32.0. The average molecular weight is 857 g/mol. The predicted octanol–water partition coefficient (Wildman–Crippen LogP) is 9.91. The highest BCUT2D eigenvalue weighted by Gasteiger charge is 2.14. The normalized spacial score (nSPS) is 12.3. The van der Waals surface area contributed by atoms with Gasteiger partial charge in [0.25, 0.3) is 0 Å². The Kier molecular flexibility index (Phi) is 10.4. The minimum absolute atomic E-state index is 0.333. The van der Waals surface area contributed by atoms with E-state index in [1.165, 1.54) is 0 Å². The number of rotatable bonds is 13. The fraction of sp³-hybridized carbons (Fsp3) is 0.143. The molecule has 0 saturated carbocycles. The molecule has 12 rings (SSSR count). The molecule has 8 heterocycles. The van der Waals surface area contributed by atoms with Crippen LogP contribution in [0.1, 0.15) is 49.0 Å². The van der Waals surface area contributed by atoms with Gasteiger partial charge in [-0.15, -0.1) is 0 Å². The standard InChI is InChI=1S/C25H24N8.C24H20N8/c1-15(23-32-19-8-6-17(14-21(19)33-23)25-28-11-12-29-25)3-2-4-22-30-18-7-5-16(13-20(18)31-22)24-26-9-10-27-24;1(3-21-29-17-7-5-15(13-19(17)31-21)23-25-9-10-26-23)2-4-22-30-18-8-6-16(14-20(18)32-22)24-27-11-12-28-24/h5-15H,2-4H2,1H3,(H,26,27)(H,28,29)(H,30,31)(H,32,33);1-2,5-14H,3-4H2,(H,25,26)(H,27,28)(H,29,31)(H,30,32). The second-order valence-electron chi connectivity index (χ2n) is 16.0. The fourth-order valence-electron chi connectivity index (χ4n) is 8.15. The first kappa shape index (κ1) is 39.2. The maximum atomic E-state index is 4.81. The largest absolute Gasteiger partial charge is 0.345 e. The second kappa shape index (κ2) is 17.2. The van der Waals surface area contributed by atoms with E-state index in [1.807, 2.05) is 67.3 Å². The molecule has 16 heteroatoms. The quantitative estimate of drug-likeness (QED) is 0.0519. The molecule has 16 nitrogen and oxygen atoms in total. The number of aryl methyl sites for hydroxylation is 1. The van der Waals surface area contributed by atoms with E-state index in [4.69, 9.17) is 9.97 Å². The van der Waals surface area contributed by atoms with Crippen LogP contribution in [0.5, 0.6) is 0 Å². The van der Waals surface area contributed by atoms with Gasteiger partial charge in [-0.3, -0.25) is 0 Å². The van der Waals surface area contributed by atoms with Gasteiger partial charge in [0.15, 0.2) is 0 Å². The summed E-state index contributed by atoms with van der Waals surface area (Å²) >= 11 is 0. The van der Waals surface area contributed by atoms with Gasteiger partial charge in [0.1, 0.15) is 46.6 Å². The van der Waals surface area contributed by atoms with Gasteiger partial charge in [-0.25, -0.2) is 39.9 Å². The fourth-order valence-corrected chi connectivity index (χ4v) is 8.15. The van der Waals surface area contributed by atoms with Crippen LogP contribution in [0.15, 0.2) is 135 Å². The summed E-state index contributed by atoms with van der Waals surface area (Å²) in [5, 5.41) is 0. The van der Waals surface area contributed by atoms with Crippen LogP contribution in [-0.2, 0) is 19.3 Å². The molecule has 12 aromatic rings. The summed E-state index contributed by atoms with van der Waals surface area (Å²) in [7, 11) is 0. The van der Waals surface area contributed by atoms with Gasteiger partial charge in [-0.1, -0.05) is 19.1 Å². The number of H-pyrrole nitrogens is 8. The highest BCUT2D eigenvalue weighted by atomic mass is 15.0. The van der Waals surface area contributed by atoms with Crippen molar-refractivity contribution >= 4 is 44.1 Å². The summed E-state index contributed by atoms with van der Waals surface area (Å²) in [6.07, 6.45) is 23.0. The molecule has 0 spiro atoms. The molecule has 8 N–H and O–H groups in total. The predicted molar refractivity (Wildman–Crippen MR) is 253 cm³/mol. The zero-order chi connectivity index (χ0) is 43.5. The lowest BCUT2D eigenvalue weighted by Gasteiger charge is -2.07. The monoisotopic (exact) mass is 856 g/mol. The van der Waals surface area contributed by atoms with Crippen molar-refractivity contribution in [1.29, 1.82) is 0 Å². The molecule has 0 radical (unpaired) electrons. The van der Waals surface area contributed by atoms with Gasteiger partial charge in [-0.05, 0) is 85.6 Å². The van der Waals surface area contributed by atoms with Gasteiger partial charge in [0, 0.05) is 97.0 Å². The molecule has 0 bridgehead atoms. The Morgan fingerprint density at radius 3 is 1.22 bits per heavy atom. The average Bonchev–Trinajstić information content (AvgIpc) is 4.19. The van der Waals surface area contributed by atoms with Gasteiger partial charge in [-0.2, -0.15) is 0 Å². The lowest BCUT2D eigenvalue weighted by Crippen LogP contribution is -1.98. The van der Waals surface area contributed by atoms with Crippen molar-refractivity contribution < 1.29 is 0 Å². The number of hydrogen-bond acceptors (Lipinski definition) is 8. The third kappa shape index (κ3) is 8.47. The Balaban J connectivity index is 0.000000144. The Morgan fingerprint density at radius 1 is 0.446 bits per heavy atom. The second-order valence-corrected chi connectivity index (χ2v) is 16.0. The molecule has 0 aliphatic carbocycles. The molecule has 1 unspecified atom stereocenters. The topological polar surface area (TPSA) is 229 Å². The minimum Gasteiger partial charge on any atom is -0.345 e. The molecule has 1 atom stereocenters. The number of nitrogens with one attached hydrogen (secondary N) is 8. The Labute approximate surface area is 371 Å². The molecular weight excluding hydrogens is 813 g/mol. The van der Waals surface area contributed by atoms with E-state index < -0.39 is 0 Å². The van der Waals surface area contributed by atoms with Crippen LogP contribution in [0.4, 0.5) is 0 Å². The molecule has 4 aromatic carbocycles. The van der Waals surface area contributed by atoms with Crippen LogP contribution in [0, 0.1) is 0 Å². The van der Waals surface area contributed by atoms with Crippen molar-refractivity contribution in [1.82, 2.24) is 79.7 Å². The Hall–Kier alpha value is -8.66. The molecular formula is C49H44N16. The van der Waals surface area contributed by atoms with E-state index in [0.29, 0.717) is 5.92 Å². The molecule has 65 heavy (non-hydrogen) atoms. The third-order valence-electron chi connectivity index (χ3n) is 11.5. The van der Waals surface area contributed by atoms with Crippen molar-refractivity contribution in [2.24, 2.45) is 0 Å². The smallest absolute Gasteiger partial charge is 0.137 e. The first-order valence-electron chi connectivity index (χ1n) is 21.6. The van der Waals surface area contributed by atoms with Crippen LogP contribution >= 0.6 is 0 Å². The van der Waals surface area contributed by atoms with E-state index in [-0.39, 0.29) is 0 Å². The molecule has 0 aliphatic rings. The van der Waals surface area contributed by atoms with Crippen molar-refractivity contribution in [3.05, 3.63) is 158 Å². The summed E-state index contributed by atoms with van der Waals surface area (Å²) in [4.78, 5) is 62.5. The summed E-state index contributed by atoms with van der Waals surface area (Å²) < 4.78 is 0. The van der Waals surface area contributed by atoms with Crippen LogP contribution < -0.4 is 0 Å². The molecule has 8 aromatic heterocycles. The van der Waals surface area contributed by atoms with Gasteiger partial charge >= 0.3 is 0 Å². The molecule has 320 valence electrons. The van der Waals surface area contributed by atoms with Crippen molar-refractivity contribution in [2.75, 3.05) is 0 Å². The van der Waals surface area contributed by atoms with Crippen LogP contribution in [0.25, 0.3) is 89.7 Å². The number of aromatic nitrogens is 16. The van der Waals surface area contributed by atoms with Crippen LogP contribution in [0.2, 0.25) is 0 Å². The Bertz CT molecular complexity index is 3370. The number of aromatic amines is 8. The van der Waals surface area contributed by atoms with Crippen molar-refractivity contribution in [3.8, 4) is 45.6 Å². The van der Waals surface area contributed by atoms with E-state index in [0.717, 1.165) is 145 Å². The summed E-state index contributed by atoms with van der Waals surface area (Å²) in [5.74, 6) is 7.67. The molecule has 0 amide bonds. The van der Waals surface area contributed by atoms with Gasteiger partial charge < -0.3 is 39.9 Å². The maximum absolute atomic E-state index is 4.81. The zero-order valence-electron chi connectivity index (χ0n) is 35.4. The lowest BCUT2D eigenvalue weighted by atomic mass is 10.0. The summed E-state index contributed by atoms with van der Waals surface area (Å²) in [6.45, 7) is 2.22. The SMILES string of the molecule is C(=CCc1nc2ccc(-c3ncc[nH]3)cc2[nH]1)Cc1nc2ccc(-c3ncc[nH]3)cc2[nH]1.CC(CCCc1nc2ccc(-c3ncc[nH]3)cc2[nH]1)c1nc2ccc(-c3ncc[nH]3)cc2[nH]1. The van der Waals surface area contributed by atoms with E-state index in [9.17, 15) is 0 Å². The number of imidazole rings is 8. The highest BCUT2D eigenvalue weighted by Crippen LogP contribution is 2.27. The highest BCUT2D eigenvalue weighted by molar-refractivity contribution is 5.83. The van der Waals surface area contributed by atoms with Gasteiger partial charge in [0.05, 0.1) is 44.1 Å². The van der Waals surface area contributed by atoms with Crippen molar-refractivity contribution in [2.45, 2.75) is 44.9 Å². The summed E-state index contributed by atoms with van der Waals surface area (Å²) in [6, 6.07) is 24.6. The zero-order valence-corrected chi connectivity index (χ0v) is 35.4. The van der Waals surface area contributed by atoms with E-state index in [2.05, 4.69) is 119 Å². The van der Waals surface area contributed by atoms with Crippen LogP contribution in [0.3, 0.4) is 0 Å². The van der Waals surface area contributed by atoms with E-state index in [1.54, 1.807) is 24.8 Å². The third-order valence-corrected chi connectivity index (χ3v) is 11.5. The lowest BCUT2D eigenvalue weighted by molar-refractivity contribution is 0.603. The van der Waals surface area contributed by atoms with E-state index >= 15 is 0 Å². The van der Waals surface area contributed by atoms with Crippen molar-refractivity contribution in [3.63, 3.8) is 0 Å². The Morgan fingerprint density at radius 2 is 0.815 bits per heavy atom. The molecule has 0 aliphatic heterocycles. The molecule has 0 fully saturated rings.